The van der Waals surface area contributed by atoms with Gasteiger partial charge in [-0.15, -0.1) is 11.8 Å². The smallest absolute Gasteiger partial charge is 0.0762 e. The van der Waals surface area contributed by atoms with Crippen LogP contribution < -0.4 is 0 Å². The summed E-state index contributed by atoms with van der Waals surface area (Å²) in [5, 5.41) is 9.50. The third-order valence-electron chi connectivity index (χ3n) is 2.85. The van der Waals surface area contributed by atoms with E-state index in [1.807, 2.05) is 23.9 Å². The maximum atomic E-state index is 9.50. The lowest BCUT2D eigenvalue weighted by Gasteiger charge is -2.09. The van der Waals surface area contributed by atoms with Crippen LogP contribution in [0, 0.1) is 5.92 Å². The van der Waals surface area contributed by atoms with E-state index in [0.29, 0.717) is 5.92 Å². The van der Waals surface area contributed by atoms with Crippen LogP contribution in [-0.2, 0) is 4.74 Å². The molecule has 88 valence electrons. The molecule has 2 atom stereocenters. The van der Waals surface area contributed by atoms with Gasteiger partial charge in [-0.05, 0) is 37.0 Å². The molecule has 0 bridgehead atoms. The summed E-state index contributed by atoms with van der Waals surface area (Å²) in [4.78, 5) is 1.24. The summed E-state index contributed by atoms with van der Waals surface area (Å²) in [6, 6.07) is 8.15. The average Bonchev–Trinajstić information content (AvgIpc) is 2.79. The van der Waals surface area contributed by atoms with Gasteiger partial charge in [-0.3, -0.25) is 0 Å². The molecular weight excluding hydrogens is 220 g/mol. The molecule has 0 aliphatic carbocycles. The minimum absolute atomic E-state index is 0.379. The number of benzene rings is 1. The average molecular weight is 238 g/mol. The molecule has 1 aromatic carbocycles. The molecule has 2 unspecified atom stereocenters. The van der Waals surface area contributed by atoms with Crippen molar-refractivity contribution < 1.29 is 9.84 Å². The molecular formula is C13H18O2S. The van der Waals surface area contributed by atoms with Crippen molar-refractivity contribution in [3.63, 3.8) is 0 Å². The Labute approximate surface area is 101 Å². The second kappa shape index (κ2) is 5.71. The van der Waals surface area contributed by atoms with Crippen LogP contribution >= 0.6 is 11.8 Å². The normalized spacial score (nSPS) is 22.2. The fourth-order valence-electron chi connectivity index (χ4n) is 1.79. The van der Waals surface area contributed by atoms with Gasteiger partial charge in [0.1, 0.15) is 0 Å². The van der Waals surface area contributed by atoms with Crippen LogP contribution in [0.15, 0.2) is 29.2 Å². The van der Waals surface area contributed by atoms with Crippen molar-refractivity contribution in [1.29, 1.82) is 0 Å². The first-order chi connectivity index (χ1) is 7.75. The standard InChI is InChI=1S/C13H18O2S/c1-10(14)12-3-2-4-13(7-12)16-9-11-5-6-15-8-11/h2-4,7,10-11,14H,5-6,8-9H2,1H3. The lowest BCUT2D eigenvalue weighted by Crippen LogP contribution is -2.02. The van der Waals surface area contributed by atoms with Gasteiger partial charge < -0.3 is 9.84 Å². The summed E-state index contributed by atoms with van der Waals surface area (Å²) in [5.41, 5.74) is 0.993. The Bertz CT molecular complexity index is 332. The monoisotopic (exact) mass is 238 g/mol. The molecule has 0 saturated carbocycles. The maximum absolute atomic E-state index is 9.50. The first kappa shape index (κ1) is 12.0. The number of hydrogen-bond acceptors (Lipinski definition) is 3. The van der Waals surface area contributed by atoms with Crippen molar-refractivity contribution in [2.45, 2.75) is 24.3 Å². The molecule has 2 nitrogen and oxygen atoms in total. The molecule has 1 fully saturated rings. The minimum atomic E-state index is -0.379. The molecule has 1 aliphatic heterocycles. The Morgan fingerprint density at radius 3 is 3.12 bits per heavy atom. The van der Waals surface area contributed by atoms with Crippen LogP contribution in [0.2, 0.25) is 0 Å². The van der Waals surface area contributed by atoms with E-state index in [-0.39, 0.29) is 6.10 Å². The summed E-state index contributed by atoms with van der Waals surface area (Å²) >= 11 is 1.86. The van der Waals surface area contributed by atoms with Gasteiger partial charge in [-0.2, -0.15) is 0 Å². The predicted molar refractivity (Wildman–Crippen MR) is 66.7 cm³/mol. The summed E-state index contributed by atoms with van der Waals surface area (Å²) < 4.78 is 5.35. The molecule has 1 heterocycles. The van der Waals surface area contributed by atoms with Crippen LogP contribution in [0.3, 0.4) is 0 Å². The molecule has 0 spiro atoms. The van der Waals surface area contributed by atoms with Gasteiger partial charge in [-0.1, -0.05) is 12.1 Å². The topological polar surface area (TPSA) is 29.5 Å². The molecule has 0 amide bonds. The maximum Gasteiger partial charge on any atom is 0.0762 e. The highest BCUT2D eigenvalue weighted by molar-refractivity contribution is 7.99. The zero-order chi connectivity index (χ0) is 11.4. The lowest BCUT2D eigenvalue weighted by atomic mass is 10.1. The van der Waals surface area contributed by atoms with E-state index in [1.165, 1.54) is 11.3 Å². The van der Waals surface area contributed by atoms with E-state index in [4.69, 9.17) is 4.74 Å². The van der Waals surface area contributed by atoms with Crippen molar-refractivity contribution in [2.24, 2.45) is 5.92 Å². The third kappa shape index (κ3) is 3.24. The van der Waals surface area contributed by atoms with Gasteiger partial charge in [0, 0.05) is 17.3 Å². The lowest BCUT2D eigenvalue weighted by molar-refractivity contribution is 0.189. The van der Waals surface area contributed by atoms with E-state index in [0.717, 1.165) is 24.5 Å². The largest absolute Gasteiger partial charge is 0.389 e. The Morgan fingerprint density at radius 2 is 2.44 bits per heavy atom. The highest BCUT2D eigenvalue weighted by atomic mass is 32.2. The first-order valence-corrected chi connectivity index (χ1v) is 6.73. The molecule has 1 N–H and O–H groups in total. The van der Waals surface area contributed by atoms with Gasteiger partial charge in [0.25, 0.3) is 0 Å². The highest BCUT2D eigenvalue weighted by Gasteiger charge is 2.15. The molecule has 0 radical (unpaired) electrons. The van der Waals surface area contributed by atoms with E-state index in [9.17, 15) is 5.11 Å². The third-order valence-corrected chi connectivity index (χ3v) is 4.08. The van der Waals surface area contributed by atoms with Crippen LogP contribution in [0.5, 0.6) is 0 Å². The first-order valence-electron chi connectivity index (χ1n) is 5.74. The molecule has 1 saturated heterocycles. The second-order valence-corrected chi connectivity index (χ2v) is 5.38. The van der Waals surface area contributed by atoms with Crippen molar-refractivity contribution >= 4 is 11.8 Å². The quantitative estimate of drug-likeness (QED) is 0.818. The Morgan fingerprint density at radius 1 is 1.56 bits per heavy atom. The fraction of sp³-hybridized carbons (Fsp3) is 0.538. The Hall–Kier alpha value is -0.510. The summed E-state index contributed by atoms with van der Waals surface area (Å²) in [6.07, 6.45) is 0.804. The van der Waals surface area contributed by atoms with E-state index >= 15 is 0 Å². The van der Waals surface area contributed by atoms with E-state index in [1.54, 1.807) is 6.92 Å². The number of aliphatic hydroxyl groups excluding tert-OH is 1. The van der Waals surface area contributed by atoms with Crippen LogP contribution in [-0.4, -0.2) is 24.1 Å². The number of rotatable bonds is 4. The molecule has 1 aliphatic rings. The fourth-order valence-corrected chi connectivity index (χ4v) is 2.88. The summed E-state index contributed by atoms with van der Waals surface area (Å²) in [7, 11) is 0. The van der Waals surface area contributed by atoms with Gasteiger partial charge in [0.15, 0.2) is 0 Å². The van der Waals surface area contributed by atoms with Crippen molar-refractivity contribution in [2.75, 3.05) is 19.0 Å². The van der Waals surface area contributed by atoms with E-state index < -0.39 is 0 Å². The van der Waals surface area contributed by atoms with Crippen LogP contribution in [0.1, 0.15) is 25.0 Å². The SMILES string of the molecule is CC(O)c1cccc(SCC2CCOC2)c1. The number of ether oxygens (including phenoxy) is 1. The minimum Gasteiger partial charge on any atom is -0.389 e. The zero-order valence-electron chi connectivity index (χ0n) is 9.56. The summed E-state index contributed by atoms with van der Waals surface area (Å²) in [6.45, 7) is 3.62. The van der Waals surface area contributed by atoms with Gasteiger partial charge in [0.05, 0.1) is 12.7 Å². The number of aliphatic hydroxyl groups is 1. The Kier molecular flexibility index (Phi) is 4.27. The molecule has 0 aromatic heterocycles. The summed E-state index contributed by atoms with van der Waals surface area (Å²) in [5.74, 6) is 1.81. The Balaban J connectivity index is 1.90. The predicted octanol–water partition coefficient (Wildman–Crippen LogP) is 2.87. The zero-order valence-corrected chi connectivity index (χ0v) is 10.4. The molecule has 16 heavy (non-hydrogen) atoms. The van der Waals surface area contributed by atoms with Crippen LogP contribution in [0.25, 0.3) is 0 Å². The molecule has 1 aromatic rings. The van der Waals surface area contributed by atoms with Gasteiger partial charge in [-0.25, -0.2) is 0 Å². The second-order valence-electron chi connectivity index (χ2n) is 4.29. The molecule has 2 rings (SSSR count). The van der Waals surface area contributed by atoms with Gasteiger partial charge >= 0.3 is 0 Å². The van der Waals surface area contributed by atoms with Crippen LogP contribution in [0.4, 0.5) is 0 Å². The highest BCUT2D eigenvalue weighted by Crippen LogP contribution is 2.26. The van der Waals surface area contributed by atoms with E-state index in [2.05, 4.69) is 12.1 Å². The number of thioether (sulfide) groups is 1. The van der Waals surface area contributed by atoms with Crippen molar-refractivity contribution in [1.82, 2.24) is 0 Å². The molecule has 3 heteroatoms. The van der Waals surface area contributed by atoms with Crippen molar-refractivity contribution in [3.05, 3.63) is 29.8 Å². The number of hydrogen-bond donors (Lipinski definition) is 1. The van der Waals surface area contributed by atoms with Gasteiger partial charge in [0.2, 0.25) is 0 Å². The van der Waals surface area contributed by atoms with Crippen molar-refractivity contribution in [3.8, 4) is 0 Å².